The van der Waals surface area contributed by atoms with E-state index in [0.717, 1.165) is 0 Å². The van der Waals surface area contributed by atoms with Crippen LogP contribution in [0.1, 0.15) is 10.4 Å². The smallest absolute Gasteiger partial charge is 0.252 e. The zero-order valence-corrected chi connectivity index (χ0v) is 9.34. The lowest BCUT2D eigenvalue weighted by Crippen LogP contribution is -2.29. The molecular weight excluding hydrogens is 267 g/mol. The highest BCUT2D eigenvalue weighted by atomic mass is 79.9. The van der Waals surface area contributed by atoms with Crippen molar-refractivity contribution in [1.29, 1.82) is 5.26 Å². The molecule has 0 aliphatic carbocycles. The van der Waals surface area contributed by atoms with Crippen molar-refractivity contribution >= 4 is 33.4 Å². The van der Waals surface area contributed by atoms with Gasteiger partial charge in [-0.3, -0.25) is 4.79 Å². The van der Waals surface area contributed by atoms with E-state index in [0.29, 0.717) is 10.6 Å². The van der Waals surface area contributed by atoms with Gasteiger partial charge >= 0.3 is 0 Å². The Labute approximate surface area is 94.8 Å². The van der Waals surface area contributed by atoms with E-state index in [4.69, 9.17) is 16.9 Å². The molecule has 0 saturated heterocycles. The van der Waals surface area contributed by atoms with Gasteiger partial charge in [0.25, 0.3) is 5.91 Å². The fourth-order valence-corrected chi connectivity index (χ4v) is 1.26. The lowest BCUT2D eigenvalue weighted by molar-refractivity contribution is 0.0956. The Morgan fingerprint density at radius 3 is 2.93 bits per heavy atom. The summed E-state index contributed by atoms with van der Waals surface area (Å²) < 4.78 is 0. The number of rotatable bonds is 2. The lowest BCUT2D eigenvalue weighted by Gasteiger charge is -2.04. The maximum absolute atomic E-state index is 11.4. The zero-order valence-electron chi connectivity index (χ0n) is 7.00. The Morgan fingerprint density at radius 1 is 1.64 bits per heavy atom. The van der Waals surface area contributed by atoms with Crippen LogP contribution in [0.4, 0.5) is 0 Å². The van der Waals surface area contributed by atoms with E-state index in [9.17, 15) is 4.79 Å². The average molecular weight is 274 g/mol. The van der Waals surface area contributed by atoms with Gasteiger partial charge in [0.1, 0.15) is 0 Å². The van der Waals surface area contributed by atoms with Gasteiger partial charge in [-0.25, -0.2) is 0 Å². The predicted molar refractivity (Wildman–Crippen MR) is 57.2 cm³/mol. The third-order valence-electron chi connectivity index (χ3n) is 1.46. The van der Waals surface area contributed by atoms with Gasteiger partial charge < -0.3 is 5.32 Å². The number of hydrogen-bond donors (Lipinski definition) is 1. The molecule has 0 spiro atoms. The molecule has 1 aromatic carbocycles. The van der Waals surface area contributed by atoms with Gasteiger partial charge in [0, 0.05) is 10.6 Å². The minimum Gasteiger partial charge on any atom is -0.327 e. The Morgan fingerprint density at radius 2 is 2.36 bits per heavy atom. The van der Waals surface area contributed by atoms with Gasteiger partial charge in [0.15, 0.2) is 4.95 Å². The molecule has 1 atom stereocenters. The quantitative estimate of drug-likeness (QED) is 0.664. The van der Waals surface area contributed by atoms with Gasteiger partial charge in [0.2, 0.25) is 0 Å². The molecule has 5 heteroatoms. The van der Waals surface area contributed by atoms with Crippen LogP contribution in [0.2, 0.25) is 5.02 Å². The molecule has 0 heterocycles. The third-order valence-corrected chi connectivity index (χ3v) is 2.13. The van der Waals surface area contributed by atoms with Gasteiger partial charge in [-0.2, -0.15) is 5.26 Å². The van der Waals surface area contributed by atoms with Gasteiger partial charge in [0.05, 0.1) is 6.07 Å². The molecule has 0 aliphatic heterocycles. The Kier molecular flexibility index (Phi) is 3.93. The monoisotopic (exact) mass is 272 g/mol. The van der Waals surface area contributed by atoms with Crippen LogP contribution >= 0.6 is 27.5 Å². The Balaban J connectivity index is 2.76. The fraction of sp³-hybridized carbons (Fsp3) is 0.111. The lowest BCUT2D eigenvalue weighted by atomic mass is 10.2. The second-order valence-corrected chi connectivity index (χ2v) is 3.83. The summed E-state index contributed by atoms with van der Waals surface area (Å²) in [6, 6.07) is 8.34. The average Bonchev–Trinajstić information content (AvgIpc) is 2.17. The highest BCUT2D eigenvalue weighted by Crippen LogP contribution is 2.10. The van der Waals surface area contributed by atoms with Crippen molar-refractivity contribution in [3.63, 3.8) is 0 Å². The molecule has 72 valence electrons. The van der Waals surface area contributed by atoms with Crippen molar-refractivity contribution in [3.8, 4) is 6.07 Å². The van der Waals surface area contributed by atoms with Crippen molar-refractivity contribution in [2.24, 2.45) is 0 Å². The topological polar surface area (TPSA) is 52.9 Å². The summed E-state index contributed by atoms with van der Waals surface area (Å²) in [5.41, 5.74) is 0.428. The number of carbonyl (C=O) groups is 1. The van der Waals surface area contributed by atoms with E-state index in [-0.39, 0.29) is 5.91 Å². The van der Waals surface area contributed by atoms with E-state index in [2.05, 4.69) is 21.2 Å². The van der Waals surface area contributed by atoms with Crippen molar-refractivity contribution in [1.82, 2.24) is 5.32 Å². The first kappa shape index (κ1) is 11.0. The number of nitriles is 1. The van der Waals surface area contributed by atoms with E-state index in [1.807, 2.05) is 6.07 Å². The van der Waals surface area contributed by atoms with Crippen LogP contribution in [0.3, 0.4) is 0 Å². The van der Waals surface area contributed by atoms with Gasteiger partial charge in [-0.05, 0) is 34.1 Å². The first-order chi connectivity index (χ1) is 6.63. The number of alkyl halides is 1. The standard InChI is InChI=1S/C9H6BrClN2O/c10-8(5-12)13-9(14)6-2-1-3-7(11)4-6/h1-4,8H,(H,13,14). The molecule has 1 aromatic rings. The molecule has 0 bridgehead atoms. The SMILES string of the molecule is N#CC(Br)NC(=O)c1cccc(Cl)c1. The number of hydrogen-bond acceptors (Lipinski definition) is 2. The van der Waals surface area contributed by atoms with Crippen LogP contribution in [-0.4, -0.2) is 10.9 Å². The second-order valence-electron chi connectivity index (χ2n) is 2.48. The van der Waals surface area contributed by atoms with Crippen molar-refractivity contribution < 1.29 is 4.79 Å². The third kappa shape index (κ3) is 3.02. The molecule has 1 N–H and O–H groups in total. The minimum absolute atomic E-state index is 0.337. The molecule has 1 amide bonds. The van der Waals surface area contributed by atoms with Gasteiger partial charge in [-0.15, -0.1) is 0 Å². The summed E-state index contributed by atoms with van der Waals surface area (Å²) in [5, 5.41) is 11.4. The number of nitrogens with zero attached hydrogens (tertiary/aromatic N) is 1. The molecule has 0 saturated carbocycles. The van der Waals surface area contributed by atoms with Crippen molar-refractivity contribution in [2.75, 3.05) is 0 Å². The van der Waals surface area contributed by atoms with E-state index in [1.54, 1.807) is 18.2 Å². The van der Waals surface area contributed by atoms with Crippen LogP contribution < -0.4 is 5.32 Å². The number of carbonyl (C=O) groups excluding carboxylic acids is 1. The van der Waals surface area contributed by atoms with Crippen LogP contribution in [0.5, 0.6) is 0 Å². The number of benzene rings is 1. The number of amides is 1. The van der Waals surface area contributed by atoms with E-state index in [1.165, 1.54) is 6.07 Å². The maximum atomic E-state index is 11.4. The Hall–Kier alpha value is -1.05. The van der Waals surface area contributed by atoms with Gasteiger partial charge in [-0.1, -0.05) is 17.7 Å². The summed E-state index contributed by atoms with van der Waals surface area (Å²) in [7, 11) is 0. The summed E-state index contributed by atoms with van der Waals surface area (Å²) in [6.45, 7) is 0. The van der Waals surface area contributed by atoms with Crippen LogP contribution in [0.15, 0.2) is 24.3 Å². The molecule has 1 unspecified atom stereocenters. The molecule has 0 radical (unpaired) electrons. The fourth-order valence-electron chi connectivity index (χ4n) is 0.860. The first-order valence-corrected chi connectivity index (χ1v) is 5.03. The van der Waals surface area contributed by atoms with Crippen molar-refractivity contribution in [2.45, 2.75) is 4.95 Å². The second kappa shape index (κ2) is 4.99. The number of nitrogens with one attached hydrogen (secondary N) is 1. The highest BCUT2D eigenvalue weighted by Gasteiger charge is 2.09. The van der Waals surface area contributed by atoms with Crippen LogP contribution in [0, 0.1) is 11.3 Å². The molecule has 1 rings (SSSR count). The first-order valence-electron chi connectivity index (χ1n) is 3.73. The Bertz CT molecular complexity index is 389. The molecular formula is C9H6BrClN2O. The van der Waals surface area contributed by atoms with E-state index >= 15 is 0 Å². The maximum Gasteiger partial charge on any atom is 0.252 e. The van der Waals surface area contributed by atoms with Crippen LogP contribution in [-0.2, 0) is 0 Å². The molecule has 0 aliphatic rings. The summed E-state index contributed by atoms with van der Waals surface area (Å²) in [5.74, 6) is -0.337. The largest absolute Gasteiger partial charge is 0.327 e. The minimum atomic E-state index is -0.686. The highest BCUT2D eigenvalue weighted by molar-refractivity contribution is 9.09. The molecule has 3 nitrogen and oxygen atoms in total. The molecule has 14 heavy (non-hydrogen) atoms. The normalized spacial score (nSPS) is 11.5. The van der Waals surface area contributed by atoms with Crippen LogP contribution in [0.25, 0.3) is 0 Å². The summed E-state index contributed by atoms with van der Waals surface area (Å²) >= 11 is 8.67. The molecule has 0 fully saturated rings. The van der Waals surface area contributed by atoms with Crippen molar-refractivity contribution in [3.05, 3.63) is 34.9 Å². The van der Waals surface area contributed by atoms with E-state index < -0.39 is 4.95 Å². The summed E-state index contributed by atoms with van der Waals surface area (Å²) in [6.07, 6.45) is 0. The zero-order chi connectivity index (χ0) is 10.6. The number of halogens is 2. The summed E-state index contributed by atoms with van der Waals surface area (Å²) in [4.78, 5) is 10.7. The predicted octanol–water partition coefficient (Wildman–Crippen LogP) is 2.31. The molecule has 0 aromatic heterocycles.